The monoisotopic (exact) mass is 361 g/mol. The second-order valence-electron chi connectivity index (χ2n) is 5.22. The van der Waals surface area contributed by atoms with Crippen LogP contribution < -0.4 is 16.8 Å². The standard InChI is InChI=1S/C17H20BrN3O/c18-15-5-1-13(2-6-15)11-21-16-7-3-12(4-8-16)9-14(10-19)17(20)22/h1-8,14,21H,9-11,19H2,(H2,20,22). The summed E-state index contributed by atoms with van der Waals surface area (Å²) in [5.41, 5.74) is 14.2. The first-order chi connectivity index (χ1) is 10.6. The summed E-state index contributed by atoms with van der Waals surface area (Å²) < 4.78 is 1.07. The van der Waals surface area contributed by atoms with Crippen LogP contribution in [0.1, 0.15) is 11.1 Å². The number of hydrogen-bond donors (Lipinski definition) is 3. The van der Waals surface area contributed by atoms with Gasteiger partial charge in [-0.15, -0.1) is 0 Å². The fourth-order valence-corrected chi connectivity index (χ4v) is 2.41. The summed E-state index contributed by atoms with van der Waals surface area (Å²) >= 11 is 3.42. The van der Waals surface area contributed by atoms with Crippen LogP contribution in [0.3, 0.4) is 0 Å². The molecule has 2 aromatic rings. The number of hydrogen-bond acceptors (Lipinski definition) is 3. The first-order valence-corrected chi connectivity index (χ1v) is 7.94. The van der Waals surface area contributed by atoms with Gasteiger partial charge in [0.25, 0.3) is 0 Å². The molecule has 1 amide bonds. The summed E-state index contributed by atoms with van der Waals surface area (Å²) in [5.74, 6) is -0.651. The van der Waals surface area contributed by atoms with Crippen LogP contribution in [0.15, 0.2) is 53.0 Å². The summed E-state index contributed by atoms with van der Waals surface area (Å²) in [4.78, 5) is 11.2. The highest BCUT2D eigenvalue weighted by Gasteiger charge is 2.13. The van der Waals surface area contributed by atoms with Crippen molar-refractivity contribution < 1.29 is 4.79 Å². The summed E-state index contributed by atoms with van der Waals surface area (Å²) in [7, 11) is 0. The van der Waals surface area contributed by atoms with Crippen LogP contribution in [0.5, 0.6) is 0 Å². The lowest BCUT2D eigenvalue weighted by Gasteiger charge is -2.12. The Morgan fingerprint density at radius 2 is 1.64 bits per heavy atom. The zero-order valence-electron chi connectivity index (χ0n) is 12.3. The van der Waals surface area contributed by atoms with Crippen molar-refractivity contribution in [3.63, 3.8) is 0 Å². The fourth-order valence-electron chi connectivity index (χ4n) is 2.15. The molecule has 22 heavy (non-hydrogen) atoms. The molecule has 0 heterocycles. The van der Waals surface area contributed by atoms with Gasteiger partial charge < -0.3 is 16.8 Å². The van der Waals surface area contributed by atoms with Gasteiger partial charge in [-0.3, -0.25) is 4.79 Å². The predicted octanol–water partition coefficient (Wildman–Crippen LogP) is 2.66. The molecule has 0 aromatic heterocycles. The van der Waals surface area contributed by atoms with Crippen LogP contribution in [-0.4, -0.2) is 12.5 Å². The molecule has 5 heteroatoms. The van der Waals surface area contributed by atoms with Gasteiger partial charge >= 0.3 is 0 Å². The summed E-state index contributed by atoms with van der Waals surface area (Å²) in [5, 5.41) is 3.37. The van der Waals surface area contributed by atoms with E-state index < -0.39 is 0 Å². The molecule has 0 bridgehead atoms. The number of carbonyl (C=O) groups is 1. The van der Waals surface area contributed by atoms with Crippen LogP contribution >= 0.6 is 15.9 Å². The van der Waals surface area contributed by atoms with E-state index in [4.69, 9.17) is 11.5 Å². The normalized spacial score (nSPS) is 11.9. The Hall–Kier alpha value is -1.85. The van der Waals surface area contributed by atoms with Gasteiger partial charge in [-0.25, -0.2) is 0 Å². The molecule has 0 saturated carbocycles. The third kappa shape index (κ3) is 4.86. The molecular weight excluding hydrogens is 342 g/mol. The number of rotatable bonds is 7. The first kappa shape index (κ1) is 16.5. The SMILES string of the molecule is NCC(Cc1ccc(NCc2ccc(Br)cc2)cc1)C(N)=O. The van der Waals surface area contributed by atoms with Crippen molar-refractivity contribution in [3.05, 3.63) is 64.1 Å². The Morgan fingerprint density at radius 1 is 1.05 bits per heavy atom. The van der Waals surface area contributed by atoms with E-state index in [2.05, 4.69) is 33.4 Å². The van der Waals surface area contributed by atoms with Crippen molar-refractivity contribution in [1.29, 1.82) is 0 Å². The molecule has 116 valence electrons. The number of anilines is 1. The quantitative estimate of drug-likeness (QED) is 0.708. The van der Waals surface area contributed by atoms with E-state index in [-0.39, 0.29) is 18.4 Å². The van der Waals surface area contributed by atoms with Gasteiger partial charge in [-0.1, -0.05) is 40.2 Å². The molecule has 0 saturated heterocycles. The number of carbonyl (C=O) groups excluding carboxylic acids is 1. The molecule has 1 unspecified atom stereocenters. The van der Waals surface area contributed by atoms with Crippen molar-refractivity contribution in [3.8, 4) is 0 Å². The Kier molecular flexibility index (Phi) is 5.98. The third-order valence-electron chi connectivity index (χ3n) is 3.53. The maximum absolute atomic E-state index is 11.2. The van der Waals surface area contributed by atoms with Crippen LogP contribution in [0.4, 0.5) is 5.69 Å². The van der Waals surface area contributed by atoms with Crippen LogP contribution in [0, 0.1) is 5.92 Å². The van der Waals surface area contributed by atoms with Crippen molar-refractivity contribution in [2.75, 3.05) is 11.9 Å². The van der Waals surface area contributed by atoms with E-state index in [9.17, 15) is 4.79 Å². The minimum Gasteiger partial charge on any atom is -0.381 e. The number of nitrogens with one attached hydrogen (secondary N) is 1. The zero-order chi connectivity index (χ0) is 15.9. The van der Waals surface area contributed by atoms with Gasteiger partial charge in [0.05, 0.1) is 5.92 Å². The lowest BCUT2D eigenvalue weighted by Crippen LogP contribution is -2.31. The second-order valence-corrected chi connectivity index (χ2v) is 6.13. The molecule has 0 aliphatic rings. The molecule has 0 aliphatic carbocycles. The van der Waals surface area contributed by atoms with Crippen molar-refractivity contribution in [1.82, 2.24) is 0 Å². The van der Waals surface area contributed by atoms with E-state index in [1.54, 1.807) is 0 Å². The second kappa shape index (κ2) is 7.96. The van der Waals surface area contributed by atoms with E-state index in [0.29, 0.717) is 6.42 Å². The van der Waals surface area contributed by atoms with E-state index in [1.807, 2.05) is 36.4 Å². The highest BCUT2D eigenvalue weighted by molar-refractivity contribution is 9.10. The number of nitrogens with two attached hydrogens (primary N) is 2. The minimum absolute atomic E-state index is 0.277. The van der Waals surface area contributed by atoms with E-state index in [0.717, 1.165) is 22.3 Å². The Labute approximate surface area is 139 Å². The van der Waals surface area contributed by atoms with Crippen LogP contribution in [0.2, 0.25) is 0 Å². The molecule has 4 nitrogen and oxygen atoms in total. The van der Waals surface area contributed by atoms with Gasteiger partial charge in [-0.2, -0.15) is 0 Å². The minimum atomic E-state index is -0.347. The lowest BCUT2D eigenvalue weighted by molar-refractivity contribution is -0.121. The average Bonchev–Trinajstić information content (AvgIpc) is 2.53. The lowest BCUT2D eigenvalue weighted by atomic mass is 9.99. The first-order valence-electron chi connectivity index (χ1n) is 7.15. The van der Waals surface area contributed by atoms with Crippen LogP contribution in [0.25, 0.3) is 0 Å². The number of amides is 1. The van der Waals surface area contributed by atoms with Crippen molar-refractivity contribution in [2.45, 2.75) is 13.0 Å². The molecule has 5 N–H and O–H groups in total. The summed E-state index contributed by atoms with van der Waals surface area (Å²) in [6.45, 7) is 1.04. The molecule has 0 aliphatic heterocycles. The average molecular weight is 362 g/mol. The van der Waals surface area contributed by atoms with Gasteiger partial charge in [0.2, 0.25) is 5.91 Å². The number of benzene rings is 2. The molecular formula is C17H20BrN3O. The fraction of sp³-hybridized carbons (Fsp3) is 0.235. The third-order valence-corrected chi connectivity index (χ3v) is 4.06. The molecule has 2 aromatic carbocycles. The Balaban J connectivity index is 1.91. The highest BCUT2D eigenvalue weighted by Crippen LogP contribution is 2.15. The molecule has 0 radical (unpaired) electrons. The predicted molar refractivity (Wildman–Crippen MR) is 93.4 cm³/mol. The van der Waals surface area contributed by atoms with Crippen molar-refractivity contribution in [2.24, 2.45) is 17.4 Å². The number of halogens is 1. The van der Waals surface area contributed by atoms with E-state index in [1.165, 1.54) is 5.56 Å². The number of primary amides is 1. The zero-order valence-corrected chi connectivity index (χ0v) is 13.8. The molecule has 0 spiro atoms. The summed E-state index contributed by atoms with van der Waals surface area (Å²) in [6.07, 6.45) is 0.582. The van der Waals surface area contributed by atoms with E-state index >= 15 is 0 Å². The van der Waals surface area contributed by atoms with Gasteiger partial charge in [-0.05, 0) is 41.8 Å². The summed E-state index contributed by atoms with van der Waals surface area (Å²) in [6, 6.07) is 16.2. The smallest absolute Gasteiger partial charge is 0.222 e. The van der Waals surface area contributed by atoms with Gasteiger partial charge in [0.15, 0.2) is 0 Å². The largest absolute Gasteiger partial charge is 0.381 e. The Morgan fingerprint density at radius 3 is 2.18 bits per heavy atom. The van der Waals surface area contributed by atoms with Crippen LogP contribution in [-0.2, 0) is 17.8 Å². The Bertz CT molecular complexity index is 611. The van der Waals surface area contributed by atoms with Gasteiger partial charge in [0, 0.05) is 23.2 Å². The molecule has 0 fully saturated rings. The van der Waals surface area contributed by atoms with Gasteiger partial charge in [0.1, 0.15) is 0 Å². The topological polar surface area (TPSA) is 81.1 Å². The molecule has 2 rings (SSSR count). The molecule has 1 atom stereocenters. The maximum Gasteiger partial charge on any atom is 0.222 e. The maximum atomic E-state index is 11.2. The highest BCUT2D eigenvalue weighted by atomic mass is 79.9. The van der Waals surface area contributed by atoms with Crippen molar-refractivity contribution >= 4 is 27.5 Å².